The number of carboxylic acid groups (broad SMARTS) is 1. The summed E-state index contributed by atoms with van der Waals surface area (Å²) >= 11 is 0. The maximum atomic E-state index is 10.5. The van der Waals surface area contributed by atoms with E-state index < -0.39 is 24.3 Å². The summed E-state index contributed by atoms with van der Waals surface area (Å²) in [6.07, 6.45) is 7.10. The number of aliphatic hydroxyl groups is 3. The molecule has 1 aromatic carbocycles. The number of allylic oxidation sites excluding steroid dienone is 2. The van der Waals surface area contributed by atoms with E-state index in [-0.39, 0.29) is 24.2 Å². The molecule has 6 unspecified atom stereocenters. The molecule has 2 rings (SSSR count). The predicted octanol–water partition coefficient (Wildman–Crippen LogP) is 3.57. The lowest BCUT2D eigenvalue weighted by Gasteiger charge is -2.30. The number of rotatable bonds is 12. The molecule has 5 heteroatoms. The average Bonchev–Trinajstić information content (AvgIpc) is 2.96. The number of aliphatic carboxylic acids is 1. The fourth-order valence-electron chi connectivity index (χ4n) is 4.66. The van der Waals surface area contributed by atoms with Crippen molar-refractivity contribution in [3.63, 3.8) is 0 Å². The van der Waals surface area contributed by atoms with Gasteiger partial charge in [-0.1, -0.05) is 49.4 Å². The van der Waals surface area contributed by atoms with E-state index in [1.165, 1.54) is 5.56 Å². The van der Waals surface area contributed by atoms with Crippen LogP contribution in [0, 0.1) is 17.8 Å². The van der Waals surface area contributed by atoms with Gasteiger partial charge < -0.3 is 20.4 Å². The molecular formula is C24H36O5. The standard InChI is InChI=1S/C24H36O5/c1-17(15-19(25)14-13-18-9-5-4-6-10-18)24-20(21(26)16-22(24)27)11-7-2-3-8-12-23(28)29/h2,4-7,9-10,17,19-22,24-27H,3,8,11-16H2,1H3,(H,28,29). The van der Waals surface area contributed by atoms with E-state index in [4.69, 9.17) is 5.11 Å². The SMILES string of the molecule is CC(CC(O)CCc1ccccc1)C1C(O)CC(O)C1CC=CCCCC(=O)O. The molecule has 1 aliphatic carbocycles. The van der Waals surface area contributed by atoms with Gasteiger partial charge in [-0.25, -0.2) is 0 Å². The first-order valence-corrected chi connectivity index (χ1v) is 10.8. The average molecular weight is 405 g/mol. The topological polar surface area (TPSA) is 98.0 Å². The minimum atomic E-state index is -0.785. The summed E-state index contributed by atoms with van der Waals surface area (Å²) < 4.78 is 0. The van der Waals surface area contributed by atoms with E-state index in [1.807, 2.05) is 30.4 Å². The molecule has 0 saturated heterocycles. The van der Waals surface area contributed by atoms with Crippen molar-refractivity contribution in [3.05, 3.63) is 48.0 Å². The van der Waals surface area contributed by atoms with Crippen LogP contribution in [0.25, 0.3) is 0 Å². The van der Waals surface area contributed by atoms with Gasteiger partial charge in [0.05, 0.1) is 18.3 Å². The van der Waals surface area contributed by atoms with E-state index in [0.717, 1.165) is 6.42 Å². The third-order valence-electron chi connectivity index (χ3n) is 6.16. The first kappa shape index (κ1) is 23.6. The van der Waals surface area contributed by atoms with E-state index in [1.54, 1.807) is 0 Å². The molecule has 0 amide bonds. The fourth-order valence-corrected chi connectivity index (χ4v) is 4.66. The van der Waals surface area contributed by atoms with Crippen LogP contribution in [0.1, 0.15) is 57.4 Å². The van der Waals surface area contributed by atoms with Gasteiger partial charge in [0.15, 0.2) is 0 Å². The second-order valence-corrected chi connectivity index (χ2v) is 8.50. The largest absolute Gasteiger partial charge is 0.481 e. The van der Waals surface area contributed by atoms with Crippen molar-refractivity contribution in [1.29, 1.82) is 0 Å². The highest BCUT2D eigenvalue weighted by molar-refractivity contribution is 5.66. The maximum absolute atomic E-state index is 10.5. The minimum absolute atomic E-state index is 0.0305. The molecule has 29 heavy (non-hydrogen) atoms. The zero-order valence-electron chi connectivity index (χ0n) is 17.4. The number of benzene rings is 1. The highest BCUT2D eigenvalue weighted by Gasteiger charge is 2.43. The predicted molar refractivity (Wildman–Crippen MR) is 113 cm³/mol. The Labute approximate surface area is 174 Å². The number of aliphatic hydroxyl groups excluding tert-OH is 3. The Balaban J connectivity index is 1.82. The normalized spacial score (nSPS) is 26.6. The summed E-state index contributed by atoms with van der Waals surface area (Å²) in [6.45, 7) is 2.06. The maximum Gasteiger partial charge on any atom is 0.303 e. The zero-order valence-corrected chi connectivity index (χ0v) is 17.4. The van der Waals surface area contributed by atoms with Crippen molar-refractivity contribution in [2.24, 2.45) is 17.8 Å². The molecule has 1 saturated carbocycles. The molecule has 6 atom stereocenters. The highest BCUT2D eigenvalue weighted by Crippen LogP contribution is 2.41. The second-order valence-electron chi connectivity index (χ2n) is 8.50. The summed E-state index contributed by atoms with van der Waals surface area (Å²) in [5, 5.41) is 40.1. The molecule has 1 aliphatic rings. The molecule has 1 aromatic rings. The van der Waals surface area contributed by atoms with Crippen LogP contribution in [0.4, 0.5) is 0 Å². The monoisotopic (exact) mass is 404 g/mol. The summed E-state index contributed by atoms with van der Waals surface area (Å²) in [6, 6.07) is 10.1. The molecule has 5 nitrogen and oxygen atoms in total. The van der Waals surface area contributed by atoms with Gasteiger partial charge in [-0.15, -0.1) is 0 Å². The third-order valence-corrected chi connectivity index (χ3v) is 6.16. The Bertz CT molecular complexity index is 629. The number of hydrogen-bond acceptors (Lipinski definition) is 4. The first-order chi connectivity index (χ1) is 13.9. The smallest absolute Gasteiger partial charge is 0.303 e. The molecule has 4 N–H and O–H groups in total. The van der Waals surface area contributed by atoms with Crippen LogP contribution in [0.3, 0.4) is 0 Å². The van der Waals surface area contributed by atoms with Gasteiger partial charge in [0.2, 0.25) is 0 Å². The number of hydrogen-bond donors (Lipinski definition) is 4. The zero-order chi connectivity index (χ0) is 21.2. The number of carbonyl (C=O) groups is 1. The van der Waals surface area contributed by atoms with Gasteiger partial charge in [-0.2, -0.15) is 0 Å². The Morgan fingerprint density at radius 2 is 1.90 bits per heavy atom. The van der Waals surface area contributed by atoms with Crippen molar-refractivity contribution < 1.29 is 25.2 Å². The second kappa shape index (κ2) is 12.1. The lowest BCUT2D eigenvalue weighted by Crippen LogP contribution is -2.30. The Morgan fingerprint density at radius 1 is 1.17 bits per heavy atom. The molecule has 0 bridgehead atoms. The van der Waals surface area contributed by atoms with E-state index in [9.17, 15) is 20.1 Å². The fraction of sp³-hybridized carbons (Fsp3) is 0.625. The molecule has 0 aromatic heterocycles. The van der Waals surface area contributed by atoms with Crippen LogP contribution >= 0.6 is 0 Å². The van der Waals surface area contributed by atoms with Gasteiger partial charge >= 0.3 is 5.97 Å². The van der Waals surface area contributed by atoms with Gasteiger partial charge in [-0.3, -0.25) is 4.79 Å². The lowest BCUT2D eigenvalue weighted by molar-refractivity contribution is -0.137. The highest BCUT2D eigenvalue weighted by atomic mass is 16.4. The summed E-state index contributed by atoms with van der Waals surface area (Å²) in [7, 11) is 0. The molecule has 0 spiro atoms. The van der Waals surface area contributed by atoms with Crippen LogP contribution in [0.15, 0.2) is 42.5 Å². The molecule has 0 radical (unpaired) electrons. The Kier molecular flexibility index (Phi) is 9.85. The summed E-state index contributed by atoms with van der Waals surface area (Å²) in [5.41, 5.74) is 1.21. The van der Waals surface area contributed by atoms with Crippen molar-refractivity contribution in [1.82, 2.24) is 0 Å². The number of aryl methyl sites for hydroxylation is 1. The first-order valence-electron chi connectivity index (χ1n) is 10.8. The molecule has 1 fully saturated rings. The number of carboxylic acids is 1. The van der Waals surface area contributed by atoms with Crippen LogP contribution in [-0.2, 0) is 11.2 Å². The van der Waals surface area contributed by atoms with E-state index >= 15 is 0 Å². The van der Waals surface area contributed by atoms with Crippen LogP contribution in [0.2, 0.25) is 0 Å². The molecular weight excluding hydrogens is 368 g/mol. The van der Waals surface area contributed by atoms with Gasteiger partial charge in [0.25, 0.3) is 0 Å². The van der Waals surface area contributed by atoms with Crippen molar-refractivity contribution in [2.75, 3.05) is 0 Å². The van der Waals surface area contributed by atoms with Gasteiger partial charge in [0, 0.05) is 6.42 Å². The van der Waals surface area contributed by atoms with Crippen LogP contribution in [0.5, 0.6) is 0 Å². The van der Waals surface area contributed by atoms with E-state index in [0.29, 0.717) is 38.5 Å². The lowest BCUT2D eigenvalue weighted by atomic mass is 9.78. The van der Waals surface area contributed by atoms with Crippen molar-refractivity contribution in [3.8, 4) is 0 Å². The third kappa shape index (κ3) is 7.92. The van der Waals surface area contributed by atoms with Crippen LogP contribution in [-0.4, -0.2) is 44.7 Å². The van der Waals surface area contributed by atoms with Crippen molar-refractivity contribution in [2.45, 2.75) is 76.6 Å². The number of unbranched alkanes of at least 4 members (excludes halogenated alkanes) is 1. The van der Waals surface area contributed by atoms with Gasteiger partial charge in [0.1, 0.15) is 0 Å². The van der Waals surface area contributed by atoms with Crippen LogP contribution < -0.4 is 0 Å². The Hall–Kier alpha value is -1.69. The molecule has 0 aliphatic heterocycles. The summed E-state index contributed by atoms with van der Waals surface area (Å²) in [5.74, 6) is -0.747. The summed E-state index contributed by atoms with van der Waals surface area (Å²) in [4.78, 5) is 10.5. The Morgan fingerprint density at radius 3 is 2.59 bits per heavy atom. The van der Waals surface area contributed by atoms with Gasteiger partial charge in [-0.05, 0) is 68.3 Å². The quantitative estimate of drug-likeness (QED) is 0.315. The minimum Gasteiger partial charge on any atom is -0.481 e. The molecule has 0 heterocycles. The molecule has 162 valence electrons. The van der Waals surface area contributed by atoms with E-state index in [2.05, 4.69) is 19.1 Å². The van der Waals surface area contributed by atoms with Crippen molar-refractivity contribution >= 4 is 5.97 Å².